The Hall–Kier alpha value is -0.120. The van der Waals surface area contributed by atoms with E-state index in [0.717, 1.165) is 19.6 Å². The fourth-order valence-corrected chi connectivity index (χ4v) is 2.89. The fourth-order valence-electron chi connectivity index (χ4n) is 2.89. The summed E-state index contributed by atoms with van der Waals surface area (Å²) in [5, 5.41) is 0. The van der Waals surface area contributed by atoms with Gasteiger partial charge < -0.3 is 9.47 Å². The zero-order chi connectivity index (χ0) is 13.3. The van der Waals surface area contributed by atoms with Gasteiger partial charge in [-0.2, -0.15) is 0 Å². The Labute approximate surface area is 107 Å². The van der Waals surface area contributed by atoms with E-state index in [1.165, 1.54) is 19.4 Å². The molecule has 2 atom stereocenters. The largest absolute Gasteiger partial charge is 0.383 e. The number of hydrogen-bond acceptors (Lipinski definition) is 3. The van der Waals surface area contributed by atoms with Crippen molar-refractivity contribution in [2.75, 3.05) is 33.9 Å². The lowest BCUT2D eigenvalue weighted by Gasteiger charge is -2.30. The van der Waals surface area contributed by atoms with Crippen LogP contribution in [0.15, 0.2) is 0 Å². The molecule has 2 unspecified atom stereocenters. The molecule has 0 spiro atoms. The van der Waals surface area contributed by atoms with Crippen LogP contribution >= 0.6 is 0 Å². The second-order valence-electron chi connectivity index (χ2n) is 4.27. The molecule has 0 aromatic carbocycles. The highest BCUT2D eigenvalue weighted by Crippen LogP contribution is 2.39. The Kier molecular flexibility index (Phi) is 8.83. The molecule has 0 aromatic heterocycles. The van der Waals surface area contributed by atoms with Crippen LogP contribution in [0, 0.1) is 0 Å². The normalized spacial score (nSPS) is 31.1. The molecular formula is C14H31NO2. The number of rotatable bonds is 3. The van der Waals surface area contributed by atoms with E-state index in [1.807, 2.05) is 34.8 Å². The van der Waals surface area contributed by atoms with Crippen molar-refractivity contribution in [3.05, 3.63) is 0 Å². The van der Waals surface area contributed by atoms with E-state index in [4.69, 9.17) is 9.47 Å². The molecule has 2 heterocycles. The van der Waals surface area contributed by atoms with E-state index < -0.39 is 0 Å². The Morgan fingerprint density at radius 3 is 2.35 bits per heavy atom. The van der Waals surface area contributed by atoms with Crippen LogP contribution in [-0.4, -0.2) is 50.5 Å². The first-order valence-corrected chi connectivity index (χ1v) is 7.07. The summed E-state index contributed by atoms with van der Waals surface area (Å²) in [7, 11) is 3.61. The summed E-state index contributed by atoms with van der Waals surface area (Å²) in [6, 6.07) is 0. The average Bonchev–Trinajstić information content (AvgIpc) is 2.90. The van der Waals surface area contributed by atoms with Crippen molar-refractivity contribution in [1.82, 2.24) is 4.90 Å². The third-order valence-electron chi connectivity index (χ3n) is 3.52. The lowest BCUT2D eigenvalue weighted by Crippen LogP contribution is -2.42. The molecule has 0 aliphatic carbocycles. The van der Waals surface area contributed by atoms with Crippen LogP contribution in [0.25, 0.3) is 0 Å². The maximum absolute atomic E-state index is 5.42. The molecule has 0 saturated carbocycles. The summed E-state index contributed by atoms with van der Waals surface area (Å²) >= 11 is 0. The predicted octanol–water partition coefficient (Wildman–Crippen LogP) is 2.94. The lowest BCUT2D eigenvalue weighted by molar-refractivity contribution is 0.0632. The van der Waals surface area contributed by atoms with Crippen molar-refractivity contribution < 1.29 is 9.47 Å². The van der Waals surface area contributed by atoms with E-state index >= 15 is 0 Å². The molecule has 2 rings (SSSR count). The van der Waals surface area contributed by atoms with Crippen molar-refractivity contribution >= 4 is 0 Å². The molecular weight excluding hydrogens is 214 g/mol. The first-order chi connectivity index (χ1) is 8.30. The summed E-state index contributed by atoms with van der Waals surface area (Å²) in [4.78, 5) is 2.55. The quantitative estimate of drug-likeness (QED) is 0.763. The highest BCUT2D eigenvalue weighted by atomic mass is 16.5. The topological polar surface area (TPSA) is 21.7 Å². The molecule has 0 aromatic rings. The maximum atomic E-state index is 5.42. The summed E-state index contributed by atoms with van der Waals surface area (Å²) in [5.41, 5.74) is 0.315. The second kappa shape index (κ2) is 8.90. The average molecular weight is 245 g/mol. The van der Waals surface area contributed by atoms with Crippen LogP contribution < -0.4 is 0 Å². The molecule has 2 aliphatic rings. The van der Waals surface area contributed by atoms with E-state index in [1.54, 1.807) is 7.11 Å². The van der Waals surface area contributed by atoms with Crippen LogP contribution in [0.1, 0.15) is 47.0 Å². The van der Waals surface area contributed by atoms with Gasteiger partial charge in [0.05, 0.1) is 12.7 Å². The van der Waals surface area contributed by atoms with Crippen LogP contribution in [-0.2, 0) is 9.47 Å². The zero-order valence-electron chi connectivity index (χ0n) is 12.6. The van der Waals surface area contributed by atoms with Crippen LogP contribution in [0.2, 0.25) is 0 Å². The highest BCUT2D eigenvalue weighted by molar-refractivity contribution is 5.03. The van der Waals surface area contributed by atoms with Gasteiger partial charge in [-0.05, 0) is 25.8 Å². The van der Waals surface area contributed by atoms with Gasteiger partial charge in [-0.1, -0.05) is 27.7 Å². The standard InChI is InChI=1S/C10H19NO2.2C2H6/c1-12-8-10-4-3-5-11(10)7-9(6-10)13-2;2*1-2/h9H,3-8H2,1-2H3;2*1-2H3. The van der Waals surface area contributed by atoms with Crippen molar-refractivity contribution in [1.29, 1.82) is 0 Å². The van der Waals surface area contributed by atoms with E-state index in [9.17, 15) is 0 Å². The Morgan fingerprint density at radius 2 is 1.82 bits per heavy atom. The Balaban J connectivity index is 0.000000581. The summed E-state index contributed by atoms with van der Waals surface area (Å²) in [6.45, 7) is 11.2. The van der Waals surface area contributed by atoms with Gasteiger partial charge in [0.15, 0.2) is 0 Å². The first kappa shape index (κ1) is 16.9. The van der Waals surface area contributed by atoms with E-state index in [2.05, 4.69) is 4.90 Å². The number of nitrogens with zero attached hydrogens (tertiary/aromatic N) is 1. The molecule has 0 amide bonds. The minimum Gasteiger partial charge on any atom is -0.383 e. The molecule has 17 heavy (non-hydrogen) atoms. The van der Waals surface area contributed by atoms with Gasteiger partial charge in [-0.15, -0.1) is 0 Å². The van der Waals surface area contributed by atoms with Crippen LogP contribution in [0.3, 0.4) is 0 Å². The molecule has 3 heteroatoms. The Bertz CT molecular complexity index is 187. The number of ether oxygens (including phenoxy) is 2. The number of methoxy groups -OCH3 is 2. The molecule has 0 N–H and O–H groups in total. The summed E-state index contributed by atoms with van der Waals surface area (Å²) in [6.07, 6.45) is 4.17. The first-order valence-electron chi connectivity index (χ1n) is 7.07. The van der Waals surface area contributed by atoms with Gasteiger partial charge in [0, 0.05) is 26.3 Å². The van der Waals surface area contributed by atoms with Gasteiger partial charge in [-0.25, -0.2) is 0 Å². The number of hydrogen-bond donors (Lipinski definition) is 0. The minimum atomic E-state index is 0.315. The molecule has 104 valence electrons. The monoisotopic (exact) mass is 245 g/mol. The van der Waals surface area contributed by atoms with E-state index in [-0.39, 0.29) is 0 Å². The zero-order valence-corrected chi connectivity index (χ0v) is 12.6. The molecule has 2 fully saturated rings. The molecule has 3 nitrogen and oxygen atoms in total. The van der Waals surface area contributed by atoms with Crippen molar-refractivity contribution in [2.45, 2.75) is 58.6 Å². The third-order valence-corrected chi connectivity index (χ3v) is 3.52. The molecule has 2 saturated heterocycles. The van der Waals surface area contributed by atoms with E-state index in [0.29, 0.717) is 11.6 Å². The highest BCUT2D eigenvalue weighted by Gasteiger charge is 2.48. The van der Waals surface area contributed by atoms with Crippen molar-refractivity contribution in [3.63, 3.8) is 0 Å². The van der Waals surface area contributed by atoms with Gasteiger partial charge in [-0.3, -0.25) is 4.90 Å². The van der Waals surface area contributed by atoms with Crippen LogP contribution in [0.5, 0.6) is 0 Å². The smallest absolute Gasteiger partial charge is 0.0716 e. The fraction of sp³-hybridized carbons (Fsp3) is 1.00. The maximum Gasteiger partial charge on any atom is 0.0716 e. The SMILES string of the molecule is CC.CC.COCC12CCCN1CC(OC)C2. The number of fused-ring (bicyclic) bond motifs is 1. The summed E-state index contributed by atoms with van der Waals surface area (Å²) in [5.74, 6) is 0. The van der Waals surface area contributed by atoms with Gasteiger partial charge in [0.1, 0.15) is 0 Å². The van der Waals surface area contributed by atoms with Gasteiger partial charge in [0.2, 0.25) is 0 Å². The summed E-state index contributed by atoms with van der Waals surface area (Å²) < 4.78 is 10.7. The molecule has 0 radical (unpaired) electrons. The van der Waals surface area contributed by atoms with Crippen LogP contribution in [0.4, 0.5) is 0 Å². The van der Waals surface area contributed by atoms with Gasteiger partial charge >= 0.3 is 0 Å². The third kappa shape index (κ3) is 3.94. The lowest BCUT2D eigenvalue weighted by atomic mass is 9.94. The van der Waals surface area contributed by atoms with Crippen molar-refractivity contribution in [2.24, 2.45) is 0 Å². The molecule has 0 bridgehead atoms. The van der Waals surface area contributed by atoms with Gasteiger partial charge in [0.25, 0.3) is 0 Å². The molecule has 2 aliphatic heterocycles. The second-order valence-corrected chi connectivity index (χ2v) is 4.27. The van der Waals surface area contributed by atoms with Crippen molar-refractivity contribution in [3.8, 4) is 0 Å². The minimum absolute atomic E-state index is 0.315. The Morgan fingerprint density at radius 1 is 1.18 bits per heavy atom. The predicted molar refractivity (Wildman–Crippen MR) is 73.5 cm³/mol.